The number of nitrogens with one attached hydrogen (secondary N) is 1. The van der Waals surface area contributed by atoms with Gasteiger partial charge in [0, 0.05) is 23.3 Å². The molecule has 0 unspecified atom stereocenters. The van der Waals surface area contributed by atoms with Crippen LogP contribution >= 0.6 is 0 Å². The highest BCUT2D eigenvalue weighted by molar-refractivity contribution is 5.79. The van der Waals surface area contributed by atoms with Gasteiger partial charge in [-0.1, -0.05) is 37.3 Å². The zero-order valence-corrected chi connectivity index (χ0v) is 13.5. The van der Waals surface area contributed by atoms with Crippen LogP contribution in [0.2, 0.25) is 0 Å². The third-order valence-corrected chi connectivity index (χ3v) is 3.63. The van der Waals surface area contributed by atoms with Gasteiger partial charge in [0.15, 0.2) is 0 Å². The highest BCUT2D eigenvalue weighted by atomic mass is 14.9. The molecule has 0 atom stereocenters. The van der Waals surface area contributed by atoms with Gasteiger partial charge in [0.2, 0.25) is 0 Å². The van der Waals surface area contributed by atoms with Gasteiger partial charge in [0.05, 0.1) is 0 Å². The SMILES string of the molecule is CCc1ccccc1-c1cc(CNC(C)(C)C)ccc1N. The monoisotopic (exact) mass is 282 g/mol. The normalized spacial score (nSPS) is 11.6. The van der Waals surface area contributed by atoms with E-state index in [2.05, 4.69) is 69.4 Å². The molecule has 0 fully saturated rings. The lowest BCUT2D eigenvalue weighted by molar-refractivity contribution is 0.424. The van der Waals surface area contributed by atoms with Gasteiger partial charge >= 0.3 is 0 Å². The number of rotatable bonds is 4. The van der Waals surface area contributed by atoms with Crippen LogP contribution in [0.3, 0.4) is 0 Å². The number of nitrogens with two attached hydrogens (primary N) is 1. The summed E-state index contributed by atoms with van der Waals surface area (Å²) >= 11 is 0. The molecule has 0 aliphatic rings. The predicted octanol–water partition coefficient (Wildman–Crippen LogP) is 4.39. The number of benzene rings is 2. The van der Waals surface area contributed by atoms with E-state index in [4.69, 9.17) is 5.73 Å². The van der Waals surface area contributed by atoms with Crippen molar-refractivity contribution in [3.8, 4) is 11.1 Å². The number of aryl methyl sites for hydroxylation is 1. The zero-order chi connectivity index (χ0) is 15.5. The van der Waals surface area contributed by atoms with E-state index in [0.29, 0.717) is 0 Å². The Labute approximate surface area is 128 Å². The van der Waals surface area contributed by atoms with E-state index in [1.807, 2.05) is 6.07 Å². The largest absolute Gasteiger partial charge is 0.398 e. The molecule has 2 aromatic rings. The van der Waals surface area contributed by atoms with Crippen LogP contribution in [0.5, 0.6) is 0 Å². The Hall–Kier alpha value is -1.80. The summed E-state index contributed by atoms with van der Waals surface area (Å²) in [5.41, 5.74) is 12.2. The molecular formula is C19H26N2. The van der Waals surface area contributed by atoms with Crippen molar-refractivity contribution in [1.82, 2.24) is 5.32 Å². The smallest absolute Gasteiger partial charge is 0.0394 e. The minimum Gasteiger partial charge on any atom is -0.398 e. The Morgan fingerprint density at radius 1 is 1.00 bits per heavy atom. The molecule has 2 nitrogen and oxygen atoms in total. The molecule has 0 saturated carbocycles. The van der Waals surface area contributed by atoms with Crippen molar-refractivity contribution in [1.29, 1.82) is 0 Å². The molecule has 0 radical (unpaired) electrons. The van der Waals surface area contributed by atoms with Crippen molar-refractivity contribution in [2.75, 3.05) is 5.73 Å². The van der Waals surface area contributed by atoms with Gasteiger partial charge in [-0.3, -0.25) is 0 Å². The minimum atomic E-state index is 0.114. The van der Waals surface area contributed by atoms with E-state index in [1.165, 1.54) is 16.7 Å². The van der Waals surface area contributed by atoms with Crippen LogP contribution in [0.15, 0.2) is 42.5 Å². The third-order valence-electron chi connectivity index (χ3n) is 3.63. The van der Waals surface area contributed by atoms with Crippen molar-refractivity contribution >= 4 is 5.69 Å². The van der Waals surface area contributed by atoms with Crippen molar-refractivity contribution in [3.63, 3.8) is 0 Å². The Morgan fingerprint density at radius 2 is 1.71 bits per heavy atom. The minimum absolute atomic E-state index is 0.114. The lowest BCUT2D eigenvalue weighted by Crippen LogP contribution is -2.35. The lowest BCUT2D eigenvalue weighted by Gasteiger charge is -2.21. The second-order valence-electron chi connectivity index (χ2n) is 6.54. The molecular weight excluding hydrogens is 256 g/mol. The average Bonchev–Trinajstić information content (AvgIpc) is 2.45. The van der Waals surface area contributed by atoms with Gasteiger partial charge in [-0.25, -0.2) is 0 Å². The maximum atomic E-state index is 6.21. The lowest BCUT2D eigenvalue weighted by atomic mass is 9.95. The molecule has 0 aromatic heterocycles. The van der Waals surface area contributed by atoms with Crippen molar-refractivity contribution in [3.05, 3.63) is 53.6 Å². The standard InChI is InChI=1S/C19H26N2/c1-5-15-8-6-7-9-16(15)17-12-14(10-11-18(17)20)13-21-19(2,3)4/h6-12,21H,5,13,20H2,1-4H3. The fraction of sp³-hybridized carbons (Fsp3) is 0.368. The molecule has 2 rings (SSSR count). The molecule has 2 aromatic carbocycles. The molecule has 0 amide bonds. The highest BCUT2D eigenvalue weighted by Crippen LogP contribution is 2.30. The van der Waals surface area contributed by atoms with Crippen LogP contribution in [0.25, 0.3) is 11.1 Å². The Balaban J connectivity index is 2.35. The van der Waals surface area contributed by atoms with Crippen LogP contribution in [0.4, 0.5) is 5.69 Å². The summed E-state index contributed by atoms with van der Waals surface area (Å²) in [6.45, 7) is 9.57. The summed E-state index contributed by atoms with van der Waals surface area (Å²) in [4.78, 5) is 0. The first-order chi connectivity index (χ1) is 9.90. The average molecular weight is 282 g/mol. The first-order valence-corrected chi connectivity index (χ1v) is 7.62. The van der Waals surface area contributed by atoms with E-state index >= 15 is 0 Å². The van der Waals surface area contributed by atoms with Gasteiger partial charge in [-0.2, -0.15) is 0 Å². The van der Waals surface area contributed by atoms with Crippen molar-refractivity contribution in [2.45, 2.75) is 46.2 Å². The predicted molar refractivity (Wildman–Crippen MR) is 92.3 cm³/mol. The second kappa shape index (κ2) is 6.31. The second-order valence-corrected chi connectivity index (χ2v) is 6.54. The molecule has 21 heavy (non-hydrogen) atoms. The fourth-order valence-electron chi connectivity index (χ4n) is 2.41. The summed E-state index contributed by atoms with van der Waals surface area (Å²) in [6.07, 6.45) is 1.01. The molecule has 0 aliphatic heterocycles. The molecule has 3 N–H and O–H groups in total. The molecule has 0 aliphatic carbocycles. The first kappa shape index (κ1) is 15.6. The van der Waals surface area contributed by atoms with Crippen LogP contribution < -0.4 is 11.1 Å². The number of hydrogen-bond donors (Lipinski definition) is 2. The first-order valence-electron chi connectivity index (χ1n) is 7.62. The molecule has 0 spiro atoms. The van der Waals surface area contributed by atoms with Gasteiger partial charge in [0.25, 0.3) is 0 Å². The van der Waals surface area contributed by atoms with E-state index in [-0.39, 0.29) is 5.54 Å². The third kappa shape index (κ3) is 4.08. The van der Waals surface area contributed by atoms with Gasteiger partial charge in [-0.15, -0.1) is 0 Å². The Morgan fingerprint density at radius 3 is 2.38 bits per heavy atom. The molecule has 112 valence electrons. The van der Waals surface area contributed by atoms with Gasteiger partial charge < -0.3 is 11.1 Å². The Kier molecular flexibility index (Phi) is 4.69. The fourth-order valence-corrected chi connectivity index (χ4v) is 2.41. The summed E-state index contributed by atoms with van der Waals surface area (Å²) in [7, 11) is 0. The van der Waals surface area contributed by atoms with E-state index < -0.39 is 0 Å². The summed E-state index contributed by atoms with van der Waals surface area (Å²) in [5.74, 6) is 0. The van der Waals surface area contributed by atoms with Crippen molar-refractivity contribution < 1.29 is 0 Å². The van der Waals surface area contributed by atoms with Gasteiger partial charge in [0.1, 0.15) is 0 Å². The quantitative estimate of drug-likeness (QED) is 0.816. The molecule has 2 heteroatoms. The number of anilines is 1. The van der Waals surface area contributed by atoms with E-state index in [9.17, 15) is 0 Å². The topological polar surface area (TPSA) is 38.0 Å². The van der Waals surface area contributed by atoms with E-state index in [1.54, 1.807) is 0 Å². The van der Waals surface area contributed by atoms with Crippen LogP contribution in [0, 0.1) is 0 Å². The van der Waals surface area contributed by atoms with E-state index in [0.717, 1.165) is 24.2 Å². The van der Waals surface area contributed by atoms with Crippen LogP contribution in [0.1, 0.15) is 38.8 Å². The molecule has 0 bridgehead atoms. The summed E-state index contributed by atoms with van der Waals surface area (Å²) in [6, 6.07) is 14.8. The molecule has 0 heterocycles. The number of hydrogen-bond acceptors (Lipinski definition) is 2. The summed E-state index contributed by atoms with van der Waals surface area (Å²) < 4.78 is 0. The maximum Gasteiger partial charge on any atom is 0.0394 e. The van der Waals surface area contributed by atoms with Crippen LogP contribution in [-0.4, -0.2) is 5.54 Å². The summed E-state index contributed by atoms with van der Waals surface area (Å²) in [5, 5.41) is 3.52. The van der Waals surface area contributed by atoms with Crippen molar-refractivity contribution in [2.24, 2.45) is 0 Å². The van der Waals surface area contributed by atoms with Crippen LogP contribution in [-0.2, 0) is 13.0 Å². The Bertz CT molecular complexity index is 609. The zero-order valence-electron chi connectivity index (χ0n) is 13.5. The molecule has 0 saturated heterocycles. The highest BCUT2D eigenvalue weighted by Gasteiger charge is 2.11. The van der Waals surface area contributed by atoms with Gasteiger partial charge in [-0.05, 0) is 56.0 Å². The maximum absolute atomic E-state index is 6.21. The number of nitrogen functional groups attached to an aromatic ring is 1.